The first kappa shape index (κ1) is 15.5. The first-order valence-corrected chi connectivity index (χ1v) is 7.54. The van der Waals surface area contributed by atoms with Gasteiger partial charge in [-0.1, -0.05) is 29.8 Å². The van der Waals surface area contributed by atoms with Gasteiger partial charge in [0.05, 0.1) is 4.47 Å². The Morgan fingerprint density at radius 3 is 2.45 bits per heavy atom. The molecule has 2 aromatic carbocycles. The standard InChI is InChI=1S/C16H16BrClFN/c1-11(13-4-6-14(18)7-5-13)20(2)10-12-3-8-16(19)15(17)9-12/h3-9,11H,10H2,1-2H3. The lowest BCUT2D eigenvalue weighted by Crippen LogP contribution is -2.21. The van der Waals surface area contributed by atoms with Crippen LogP contribution in [0.2, 0.25) is 5.02 Å². The molecule has 2 rings (SSSR count). The summed E-state index contributed by atoms with van der Waals surface area (Å²) in [5.74, 6) is -0.234. The lowest BCUT2D eigenvalue weighted by molar-refractivity contribution is 0.253. The molecule has 0 fully saturated rings. The summed E-state index contributed by atoms with van der Waals surface area (Å²) in [5.41, 5.74) is 2.28. The molecule has 0 aliphatic rings. The second kappa shape index (κ2) is 6.70. The van der Waals surface area contributed by atoms with Crippen molar-refractivity contribution in [1.82, 2.24) is 4.90 Å². The van der Waals surface area contributed by atoms with Crippen molar-refractivity contribution in [1.29, 1.82) is 0 Å². The van der Waals surface area contributed by atoms with Crippen LogP contribution in [0.5, 0.6) is 0 Å². The minimum absolute atomic E-state index is 0.234. The molecule has 1 unspecified atom stereocenters. The third-order valence-corrected chi connectivity index (χ3v) is 4.29. The molecule has 0 amide bonds. The Morgan fingerprint density at radius 1 is 1.20 bits per heavy atom. The molecule has 2 aromatic rings. The van der Waals surface area contributed by atoms with E-state index in [1.807, 2.05) is 36.4 Å². The van der Waals surface area contributed by atoms with Gasteiger partial charge in [0.15, 0.2) is 0 Å². The zero-order valence-electron chi connectivity index (χ0n) is 11.4. The van der Waals surface area contributed by atoms with Crippen LogP contribution in [0.4, 0.5) is 4.39 Å². The quantitative estimate of drug-likeness (QED) is 0.705. The van der Waals surface area contributed by atoms with Gasteiger partial charge >= 0.3 is 0 Å². The first-order valence-electron chi connectivity index (χ1n) is 6.37. The minimum Gasteiger partial charge on any atom is -0.295 e. The van der Waals surface area contributed by atoms with E-state index in [0.29, 0.717) is 4.47 Å². The van der Waals surface area contributed by atoms with Gasteiger partial charge in [-0.15, -0.1) is 0 Å². The third kappa shape index (κ3) is 3.81. The van der Waals surface area contributed by atoms with E-state index >= 15 is 0 Å². The molecule has 0 spiro atoms. The molecule has 20 heavy (non-hydrogen) atoms. The fraction of sp³-hybridized carbons (Fsp3) is 0.250. The Bertz CT molecular complexity index is 586. The van der Waals surface area contributed by atoms with Crippen LogP contribution in [-0.4, -0.2) is 11.9 Å². The van der Waals surface area contributed by atoms with Crippen LogP contribution in [0.25, 0.3) is 0 Å². The minimum atomic E-state index is -0.234. The topological polar surface area (TPSA) is 3.24 Å². The summed E-state index contributed by atoms with van der Waals surface area (Å²) in [6, 6.07) is 13.2. The first-order chi connectivity index (χ1) is 9.47. The monoisotopic (exact) mass is 355 g/mol. The van der Waals surface area contributed by atoms with Crippen molar-refractivity contribution in [2.24, 2.45) is 0 Å². The van der Waals surface area contributed by atoms with E-state index in [1.54, 1.807) is 0 Å². The Morgan fingerprint density at radius 2 is 1.85 bits per heavy atom. The van der Waals surface area contributed by atoms with E-state index in [4.69, 9.17) is 11.6 Å². The van der Waals surface area contributed by atoms with Crippen LogP contribution < -0.4 is 0 Å². The maximum absolute atomic E-state index is 13.2. The fourth-order valence-electron chi connectivity index (χ4n) is 2.06. The van der Waals surface area contributed by atoms with Gasteiger partial charge in [-0.05, 0) is 65.3 Å². The molecule has 1 atom stereocenters. The maximum Gasteiger partial charge on any atom is 0.137 e. The molecule has 0 N–H and O–H groups in total. The molecule has 106 valence electrons. The van der Waals surface area contributed by atoms with Crippen molar-refractivity contribution in [3.05, 3.63) is 68.9 Å². The van der Waals surface area contributed by atoms with Crippen LogP contribution in [0.3, 0.4) is 0 Å². The lowest BCUT2D eigenvalue weighted by atomic mass is 10.1. The zero-order valence-corrected chi connectivity index (χ0v) is 13.7. The van der Waals surface area contributed by atoms with Crippen LogP contribution in [-0.2, 0) is 6.54 Å². The van der Waals surface area contributed by atoms with Crippen LogP contribution in [0, 0.1) is 5.82 Å². The number of halogens is 3. The molecule has 0 radical (unpaired) electrons. The van der Waals surface area contributed by atoms with Gasteiger partial charge in [-0.2, -0.15) is 0 Å². The van der Waals surface area contributed by atoms with E-state index in [1.165, 1.54) is 11.6 Å². The second-order valence-electron chi connectivity index (χ2n) is 4.89. The number of hydrogen-bond donors (Lipinski definition) is 0. The average molecular weight is 357 g/mol. The summed E-state index contributed by atoms with van der Waals surface area (Å²) in [7, 11) is 2.05. The second-order valence-corrected chi connectivity index (χ2v) is 6.18. The molecule has 0 aromatic heterocycles. The highest BCUT2D eigenvalue weighted by molar-refractivity contribution is 9.10. The number of nitrogens with zero attached hydrogens (tertiary/aromatic N) is 1. The molecule has 0 bridgehead atoms. The van der Waals surface area contributed by atoms with E-state index in [2.05, 4.69) is 34.8 Å². The summed E-state index contributed by atoms with van der Waals surface area (Å²) < 4.78 is 13.7. The summed E-state index contributed by atoms with van der Waals surface area (Å²) >= 11 is 9.12. The predicted octanol–water partition coefficient (Wildman–Crippen LogP) is 5.43. The van der Waals surface area contributed by atoms with Crippen molar-refractivity contribution < 1.29 is 4.39 Å². The summed E-state index contributed by atoms with van der Waals surface area (Å²) in [5, 5.41) is 0.742. The number of hydrogen-bond acceptors (Lipinski definition) is 1. The lowest BCUT2D eigenvalue weighted by Gasteiger charge is -2.25. The van der Waals surface area contributed by atoms with Crippen LogP contribution >= 0.6 is 27.5 Å². The maximum atomic E-state index is 13.2. The molecule has 0 saturated heterocycles. The molecule has 0 saturated carbocycles. The van der Waals surface area contributed by atoms with Gasteiger partial charge in [-0.3, -0.25) is 4.90 Å². The van der Waals surface area contributed by atoms with Crippen molar-refractivity contribution in [3.8, 4) is 0 Å². The van der Waals surface area contributed by atoms with Crippen molar-refractivity contribution in [3.63, 3.8) is 0 Å². The van der Waals surface area contributed by atoms with Crippen molar-refractivity contribution >= 4 is 27.5 Å². The highest BCUT2D eigenvalue weighted by Gasteiger charge is 2.12. The summed E-state index contributed by atoms with van der Waals surface area (Å²) in [6.45, 7) is 2.89. The van der Waals surface area contributed by atoms with E-state index in [9.17, 15) is 4.39 Å². The van der Waals surface area contributed by atoms with Gasteiger partial charge < -0.3 is 0 Å². The zero-order chi connectivity index (χ0) is 14.7. The van der Waals surface area contributed by atoms with Crippen molar-refractivity contribution in [2.45, 2.75) is 19.5 Å². The molecular formula is C16H16BrClFN. The highest BCUT2D eigenvalue weighted by Crippen LogP contribution is 2.24. The SMILES string of the molecule is CC(c1ccc(Cl)cc1)N(C)Cc1ccc(F)c(Br)c1. The third-order valence-electron chi connectivity index (χ3n) is 3.43. The Kier molecular flexibility index (Phi) is 5.19. The molecular weight excluding hydrogens is 341 g/mol. The molecule has 4 heteroatoms. The molecule has 1 nitrogen and oxygen atoms in total. The smallest absolute Gasteiger partial charge is 0.137 e. The van der Waals surface area contributed by atoms with E-state index in [0.717, 1.165) is 17.1 Å². The fourth-order valence-corrected chi connectivity index (χ4v) is 2.61. The Balaban J connectivity index is 2.08. The summed E-state index contributed by atoms with van der Waals surface area (Å²) in [4.78, 5) is 2.21. The predicted molar refractivity (Wildman–Crippen MR) is 85.4 cm³/mol. The Hall–Kier alpha value is -0.900. The highest BCUT2D eigenvalue weighted by atomic mass is 79.9. The van der Waals surface area contributed by atoms with Gasteiger partial charge in [0.25, 0.3) is 0 Å². The number of benzene rings is 2. The van der Waals surface area contributed by atoms with Gasteiger partial charge in [0.1, 0.15) is 5.82 Å². The normalized spacial score (nSPS) is 12.7. The van der Waals surface area contributed by atoms with Crippen LogP contribution in [0.15, 0.2) is 46.9 Å². The number of rotatable bonds is 4. The largest absolute Gasteiger partial charge is 0.295 e. The Labute approximate surface area is 132 Å². The molecule has 0 heterocycles. The van der Waals surface area contributed by atoms with Gasteiger partial charge in [-0.25, -0.2) is 4.39 Å². The average Bonchev–Trinajstić information content (AvgIpc) is 2.43. The van der Waals surface area contributed by atoms with Crippen molar-refractivity contribution in [2.75, 3.05) is 7.05 Å². The molecule has 0 aliphatic heterocycles. The van der Waals surface area contributed by atoms with Gasteiger partial charge in [0, 0.05) is 17.6 Å². The van der Waals surface area contributed by atoms with Crippen LogP contribution in [0.1, 0.15) is 24.1 Å². The van der Waals surface area contributed by atoms with E-state index in [-0.39, 0.29) is 11.9 Å². The molecule has 0 aliphatic carbocycles. The summed E-state index contributed by atoms with van der Waals surface area (Å²) in [6.07, 6.45) is 0. The van der Waals surface area contributed by atoms with E-state index < -0.39 is 0 Å². The van der Waals surface area contributed by atoms with Gasteiger partial charge in [0.2, 0.25) is 0 Å².